The van der Waals surface area contributed by atoms with Gasteiger partial charge in [-0.3, -0.25) is 0 Å². The number of allylic oxidation sites excluding steroid dienone is 1. The van der Waals surface area contributed by atoms with Crippen molar-refractivity contribution in [2.75, 3.05) is 7.11 Å². The van der Waals surface area contributed by atoms with E-state index in [1.165, 1.54) is 26.4 Å². The number of hydrogen-bond donors (Lipinski definition) is 0. The van der Waals surface area contributed by atoms with Gasteiger partial charge in [-0.15, -0.1) is 0 Å². The van der Waals surface area contributed by atoms with Gasteiger partial charge in [0.1, 0.15) is 5.76 Å². The highest BCUT2D eigenvalue weighted by Gasteiger charge is 2.54. The number of esters is 2. The number of ether oxygens (including phenoxy) is 2. The maximum absolute atomic E-state index is 12.0. The molecule has 0 spiro atoms. The van der Waals surface area contributed by atoms with E-state index in [1.54, 1.807) is 6.92 Å². The first-order valence-electron chi connectivity index (χ1n) is 8.11. The van der Waals surface area contributed by atoms with Crippen LogP contribution in [-0.4, -0.2) is 19.0 Å². The maximum Gasteiger partial charge on any atom is 0.336 e. The highest BCUT2D eigenvalue weighted by molar-refractivity contribution is 5.90. The fourth-order valence-corrected chi connectivity index (χ4v) is 5.36. The predicted octanol–water partition coefficient (Wildman–Crippen LogP) is 3.38. The van der Waals surface area contributed by atoms with E-state index in [9.17, 15) is 9.59 Å². The number of carbonyl (C=O) groups excluding carboxylic acids is 2. The van der Waals surface area contributed by atoms with Crippen molar-refractivity contribution in [2.45, 2.75) is 45.4 Å². The van der Waals surface area contributed by atoms with Gasteiger partial charge in [-0.25, -0.2) is 9.59 Å². The van der Waals surface area contributed by atoms with Crippen LogP contribution in [0.5, 0.6) is 0 Å². The van der Waals surface area contributed by atoms with Crippen molar-refractivity contribution >= 4 is 11.9 Å². The second kappa shape index (κ2) is 5.56. The Morgan fingerprint density at radius 3 is 2.00 bits per heavy atom. The molecule has 4 rings (SSSR count). The van der Waals surface area contributed by atoms with Crippen molar-refractivity contribution in [3.63, 3.8) is 0 Å². The first-order valence-corrected chi connectivity index (χ1v) is 8.11. The van der Waals surface area contributed by atoms with Crippen LogP contribution in [0.2, 0.25) is 0 Å². The van der Waals surface area contributed by atoms with Crippen LogP contribution in [0.1, 0.15) is 45.4 Å². The Morgan fingerprint density at radius 1 is 1.09 bits per heavy atom. The van der Waals surface area contributed by atoms with E-state index in [0.717, 1.165) is 25.3 Å². The third-order valence-corrected chi connectivity index (χ3v) is 5.72. The molecule has 0 unspecified atom stereocenters. The van der Waals surface area contributed by atoms with Gasteiger partial charge in [0.15, 0.2) is 0 Å². The molecule has 0 heterocycles. The van der Waals surface area contributed by atoms with Gasteiger partial charge in [0.25, 0.3) is 0 Å². The average Bonchev–Trinajstić information content (AvgIpc) is 2.49. The molecule has 0 radical (unpaired) electrons. The summed E-state index contributed by atoms with van der Waals surface area (Å²) in [4.78, 5) is 23.8. The summed E-state index contributed by atoms with van der Waals surface area (Å²) in [7, 11) is 1.36. The molecule has 4 heteroatoms. The third-order valence-electron chi connectivity index (χ3n) is 5.72. The topological polar surface area (TPSA) is 52.6 Å². The van der Waals surface area contributed by atoms with Crippen molar-refractivity contribution in [1.29, 1.82) is 0 Å². The van der Waals surface area contributed by atoms with Crippen LogP contribution in [-0.2, 0) is 19.1 Å². The van der Waals surface area contributed by atoms with Gasteiger partial charge in [0.2, 0.25) is 0 Å². The minimum atomic E-state index is -0.492. The zero-order valence-corrected chi connectivity index (χ0v) is 13.4. The van der Waals surface area contributed by atoms with E-state index in [0.29, 0.717) is 29.1 Å². The second-order valence-corrected chi connectivity index (χ2v) is 7.27. The summed E-state index contributed by atoms with van der Waals surface area (Å²) in [5, 5.41) is 0. The van der Waals surface area contributed by atoms with Gasteiger partial charge in [-0.1, -0.05) is 6.58 Å². The molecule has 4 fully saturated rings. The summed E-state index contributed by atoms with van der Waals surface area (Å²) < 4.78 is 10.4. The first-order chi connectivity index (χ1) is 10.5. The molecule has 4 aliphatic carbocycles. The van der Waals surface area contributed by atoms with Gasteiger partial charge < -0.3 is 9.47 Å². The quantitative estimate of drug-likeness (QED) is 0.454. The first kappa shape index (κ1) is 15.3. The Hall–Kier alpha value is -1.58. The molecule has 0 amide bonds. The monoisotopic (exact) mass is 304 g/mol. The van der Waals surface area contributed by atoms with Crippen LogP contribution in [0.4, 0.5) is 0 Å². The lowest BCUT2D eigenvalue weighted by atomic mass is 9.49. The number of rotatable bonds is 4. The van der Waals surface area contributed by atoms with Gasteiger partial charge in [0.05, 0.1) is 12.7 Å². The Morgan fingerprint density at radius 2 is 1.59 bits per heavy atom. The number of hydrogen-bond acceptors (Lipinski definition) is 4. The molecule has 0 atom stereocenters. The van der Waals surface area contributed by atoms with Crippen LogP contribution < -0.4 is 0 Å². The van der Waals surface area contributed by atoms with Crippen LogP contribution in [0.15, 0.2) is 24.0 Å². The van der Waals surface area contributed by atoms with Crippen LogP contribution in [0.25, 0.3) is 0 Å². The molecular weight excluding hydrogens is 280 g/mol. The Bertz CT molecular complexity index is 508. The van der Waals surface area contributed by atoms with E-state index in [4.69, 9.17) is 9.47 Å². The number of methoxy groups -OCH3 is 1. The van der Waals surface area contributed by atoms with E-state index < -0.39 is 11.9 Å². The minimum Gasteiger partial charge on any atom is -0.466 e. The molecule has 4 aliphatic rings. The molecule has 0 saturated heterocycles. The van der Waals surface area contributed by atoms with Crippen molar-refractivity contribution in [3.05, 3.63) is 24.0 Å². The van der Waals surface area contributed by atoms with Crippen LogP contribution >= 0.6 is 0 Å². The zero-order valence-electron chi connectivity index (χ0n) is 13.4. The number of carbonyl (C=O) groups is 2. The lowest BCUT2D eigenvalue weighted by molar-refractivity contribution is -0.141. The highest BCUT2D eigenvalue weighted by Crippen LogP contribution is 2.63. The second-order valence-electron chi connectivity index (χ2n) is 7.27. The molecule has 0 aromatic carbocycles. The molecule has 0 N–H and O–H groups in total. The summed E-state index contributed by atoms with van der Waals surface area (Å²) >= 11 is 0. The normalized spacial score (nSPS) is 36.5. The molecule has 0 aliphatic heterocycles. The minimum absolute atomic E-state index is 0.161. The Balaban J connectivity index is 2.00. The predicted molar refractivity (Wildman–Crippen MR) is 81.6 cm³/mol. The summed E-state index contributed by atoms with van der Waals surface area (Å²) in [6.45, 7) is 5.18. The zero-order chi connectivity index (χ0) is 15.9. The van der Waals surface area contributed by atoms with Gasteiger partial charge in [0, 0.05) is 11.5 Å². The Labute approximate surface area is 131 Å². The van der Waals surface area contributed by atoms with Crippen molar-refractivity contribution < 1.29 is 19.1 Å². The van der Waals surface area contributed by atoms with Crippen LogP contribution in [0, 0.1) is 23.2 Å². The lowest BCUT2D eigenvalue weighted by Crippen LogP contribution is -2.48. The standard InChI is InChI=1S/C18H24O4/c1-4-15(19)22-16(11(2)17(20)21-3)18-8-12-5-13(9-18)7-14(6-12)10-18/h4,12-14H,1,5-10H2,2-3H3. The Kier molecular flexibility index (Phi) is 3.87. The molecule has 0 aromatic rings. The van der Waals surface area contributed by atoms with Crippen molar-refractivity contribution in [2.24, 2.45) is 23.2 Å². The van der Waals surface area contributed by atoms with Crippen LogP contribution in [0.3, 0.4) is 0 Å². The lowest BCUT2D eigenvalue weighted by Gasteiger charge is -2.57. The highest BCUT2D eigenvalue weighted by atomic mass is 16.5. The average molecular weight is 304 g/mol. The van der Waals surface area contributed by atoms with Gasteiger partial charge in [-0.05, 0) is 63.2 Å². The summed E-state index contributed by atoms with van der Waals surface area (Å²) in [6.07, 6.45) is 8.09. The molecule has 0 aromatic heterocycles. The fourth-order valence-electron chi connectivity index (χ4n) is 5.36. The molecule has 4 nitrogen and oxygen atoms in total. The SMILES string of the molecule is C=CC(=O)OC(=C(C)C(=O)OC)C12CC3CC(CC(C3)C1)C2. The molecule has 120 valence electrons. The van der Waals surface area contributed by atoms with E-state index in [1.807, 2.05) is 0 Å². The third kappa shape index (κ3) is 2.49. The summed E-state index contributed by atoms with van der Waals surface area (Å²) in [6, 6.07) is 0. The van der Waals surface area contributed by atoms with Gasteiger partial charge in [-0.2, -0.15) is 0 Å². The summed E-state index contributed by atoms with van der Waals surface area (Å²) in [5.41, 5.74) is 0.269. The van der Waals surface area contributed by atoms with Crippen molar-refractivity contribution in [3.8, 4) is 0 Å². The smallest absolute Gasteiger partial charge is 0.336 e. The molecule has 4 saturated carbocycles. The van der Waals surface area contributed by atoms with E-state index >= 15 is 0 Å². The fraction of sp³-hybridized carbons (Fsp3) is 0.667. The molecule has 22 heavy (non-hydrogen) atoms. The summed E-state index contributed by atoms with van der Waals surface area (Å²) in [5.74, 6) is 1.75. The van der Waals surface area contributed by atoms with E-state index in [2.05, 4.69) is 6.58 Å². The maximum atomic E-state index is 12.0. The molecule has 4 bridgehead atoms. The van der Waals surface area contributed by atoms with Gasteiger partial charge >= 0.3 is 11.9 Å². The van der Waals surface area contributed by atoms with Crippen molar-refractivity contribution in [1.82, 2.24) is 0 Å². The van der Waals surface area contributed by atoms with E-state index in [-0.39, 0.29) is 5.41 Å². The largest absolute Gasteiger partial charge is 0.466 e. The molecular formula is C18H24O4.